The molecule has 2 fully saturated rings. The van der Waals surface area contributed by atoms with Crippen molar-refractivity contribution >= 4 is 27.5 Å². The predicted octanol–water partition coefficient (Wildman–Crippen LogP) is 1.81. The van der Waals surface area contributed by atoms with Gasteiger partial charge in [-0.25, -0.2) is 23.1 Å². The van der Waals surface area contributed by atoms with Gasteiger partial charge in [-0.1, -0.05) is 0 Å². The Labute approximate surface area is 176 Å². The molecule has 2 aromatic heterocycles. The average Bonchev–Trinajstić information content (AvgIpc) is 3.22. The van der Waals surface area contributed by atoms with Gasteiger partial charge in [-0.15, -0.1) is 0 Å². The van der Waals surface area contributed by atoms with Crippen molar-refractivity contribution in [2.75, 3.05) is 34.8 Å². The molecule has 2 aliphatic heterocycles. The predicted molar refractivity (Wildman–Crippen MR) is 114 cm³/mol. The third-order valence-corrected chi connectivity index (χ3v) is 7.46. The van der Waals surface area contributed by atoms with Gasteiger partial charge in [-0.2, -0.15) is 5.10 Å². The van der Waals surface area contributed by atoms with Crippen molar-refractivity contribution in [1.82, 2.24) is 19.7 Å². The largest absolute Gasteiger partial charge is 0.340 e. The van der Waals surface area contributed by atoms with E-state index >= 15 is 0 Å². The van der Waals surface area contributed by atoms with Crippen molar-refractivity contribution in [1.29, 1.82) is 0 Å². The number of hydrogen-bond donors (Lipinski definition) is 1. The molecule has 2 aliphatic rings. The summed E-state index contributed by atoms with van der Waals surface area (Å²) in [4.78, 5) is 24.2. The summed E-state index contributed by atoms with van der Waals surface area (Å²) in [6, 6.07) is 3.51. The Morgan fingerprint density at radius 2 is 1.83 bits per heavy atom. The second kappa shape index (κ2) is 7.98. The highest BCUT2D eigenvalue weighted by molar-refractivity contribution is 7.91. The average molecular weight is 433 g/mol. The van der Waals surface area contributed by atoms with Crippen LogP contribution in [-0.4, -0.2) is 58.7 Å². The zero-order valence-electron chi connectivity index (χ0n) is 17.6. The number of piperidine rings is 1. The first kappa shape index (κ1) is 20.8. The molecule has 0 saturated carbocycles. The summed E-state index contributed by atoms with van der Waals surface area (Å²) in [6.07, 6.45) is 2.19. The summed E-state index contributed by atoms with van der Waals surface area (Å²) in [6.45, 7) is 7.11. The summed E-state index contributed by atoms with van der Waals surface area (Å²) >= 11 is 0. The molecule has 4 heterocycles. The first-order valence-electron chi connectivity index (χ1n) is 10.3. The fourth-order valence-electron chi connectivity index (χ4n) is 4.31. The fourth-order valence-corrected chi connectivity index (χ4v) is 6.00. The van der Waals surface area contributed by atoms with Crippen molar-refractivity contribution in [3.8, 4) is 0 Å². The van der Waals surface area contributed by atoms with Gasteiger partial charge in [0.15, 0.2) is 9.84 Å². The SMILES string of the molecule is Cc1cc(C)nc(N2CCCC(C(=O)Nc3cc(C)nn3C3CCS(=O)(=O)C3)C2)n1. The van der Waals surface area contributed by atoms with E-state index < -0.39 is 9.84 Å². The molecule has 1 N–H and O–H groups in total. The maximum absolute atomic E-state index is 13.0. The molecule has 9 nitrogen and oxygen atoms in total. The van der Waals surface area contributed by atoms with Crippen molar-refractivity contribution in [3.63, 3.8) is 0 Å². The standard InChI is InChI=1S/C20H28N6O3S/c1-13-9-14(2)22-20(21-13)25-7-4-5-16(11-25)19(27)23-18-10-15(3)24-26(18)17-6-8-30(28,29)12-17/h9-10,16-17H,4-8,11-12H2,1-3H3,(H,23,27). The molecular weight excluding hydrogens is 404 g/mol. The highest BCUT2D eigenvalue weighted by Crippen LogP contribution is 2.28. The molecule has 1 amide bonds. The Bertz CT molecular complexity index is 1040. The molecular formula is C20H28N6O3S. The molecule has 2 aromatic rings. The first-order valence-corrected chi connectivity index (χ1v) is 12.2. The van der Waals surface area contributed by atoms with Crippen molar-refractivity contribution in [3.05, 3.63) is 29.2 Å². The van der Waals surface area contributed by atoms with Crippen molar-refractivity contribution in [2.45, 2.75) is 46.1 Å². The minimum atomic E-state index is -3.04. The topological polar surface area (TPSA) is 110 Å². The Balaban J connectivity index is 1.48. The van der Waals surface area contributed by atoms with E-state index in [4.69, 9.17) is 0 Å². The van der Waals surface area contributed by atoms with Gasteiger partial charge in [0, 0.05) is 30.5 Å². The zero-order chi connectivity index (χ0) is 21.5. The van der Waals surface area contributed by atoms with E-state index in [1.54, 1.807) is 10.7 Å². The van der Waals surface area contributed by atoms with Crippen LogP contribution in [0.15, 0.2) is 12.1 Å². The molecule has 2 atom stereocenters. The van der Waals surface area contributed by atoms with E-state index in [-0.39, 0.29) is 29.4 Å². The lowest BCUT2D eigenvalue weighted by Gasteiger charge is -2.32. The number of aromatic nitrogens is 4. The van der Waals surface area contributed by atoms with E-state index in [0.717, 1.165) is 36.5 Å². The molecule has 0 radical (unpaired) electrons. The number of hydrogen-bond acceptors (Lipinski definition) is 7. The van der Waals surface area contributed by atoms with E-state index in [1.165, 1.54) is 0 Å². The van der Waals surface area contributed by atoms with Gasteiger partial charge in [0.05, 0.1) is 29.2 Å². The van der Waals surface area contributed by atoms with Crippen molar-refractivity contribution < 1.29 is 13.2 Å². The third kappa shape index (κ3) is 4.48. The van der Waals surface area contributed by atoms with Gasteiger partial charge < -0.3 is 10.2 Å². The van der Waals surface area contributed by atoms with Crippen LogP contribution in [0.4, 0.5) is 11.8 Å². The number of rotatable bonds is 4. The fraction of sp³-hybridized carbons (Fsp3) is 0.600. The molecule has 0 aromatic carbocycles. The van der Waals surface area contributed by atoms with Crippen molar-refractivity contribution in [2.24, 2.45) is 5.92 Å². The monoisotopic (exact) mass is 432 g/mol. The van der Waals surface area contributed by atoms with Crippen LogP contribution in [0.25, 0.3) is 0 Å². The van der Waals surface area contributed by atoms with Gasteiger partial charge in [-0.3, -0.25) is 4.79 Å². The van der Waals surface area contributed by atoms with Crippen LogP contribution in [0.2, 0.25) is 0 Å². The third-order valence-electron chi connectivity index (χ3n) is 5.71. The molecule has 2 saturated heterocycles. The molecule has 4 rings (SSSR count). The minimum Gasteiger partial charge on any atom is -0.340 e. The van der Waals surface area contributed by atoms with Gasteiger partial charge in [0.1, 0.15) is 5.82 Å². The summed E-state index contributed by atoms with van der Waals surface area (Å²) < 4.78 is 25.4. The summed E-state index contributed by atoms with van der Waals surface area (Å²) in [7, 11) is -3.04. The molecule has 162 valence electrons. The number of aryl methyl sites for hydroxylation is 3. The maximum Gasteiger partial charge on any atom is 0.230 e. The highest BCUT2D eigenvalue weighted by atomic mass is 32.2. The van der Waals surface area contributed by atoms with Crippen LogP contribution in [0.5, 0.6) is 0 Å². The lowest BCUT2D eigenvalue weighted by atomic mass is 9.97. The quantitative estimate of drug-likeness (QED) is 0.784. The van der Waals surface area contributed by atoms with Crippen LogP contribution in [0.1, 0.15) is 42.4 Å². The van der Waals surface area contributed by atoms with Gasteiger partial charge in [0.25, 0.3) is 0 Å². The first-order chi connectivity index (χ1) is 14.2. The van der Waals surface area contributed by atoms with Gasteiger partial charge in [-0.05, 0) is 46.1 Å². The molecule has 10 heteroatoms. The number of sulfone groups is 1. The van der Waals surface area contributed by atoms with Crippen LogP contribution in [-0.2, 0) is 14.6 Å². The number of anilines is 2. The lowest BCUT2D eigenvalue weighted by molar-refractivity contribution is -0.120. The number of nitrogens with one attached hydrogen (secondary N) is 1. The van der Waals surface area contributed by atoms with Crippen LogP contribution >= 0.6 is 0 Å². The molecule has 30 heavy (non-hydrogen) atoms. The Morgan fingerprint density at radius 1 is 1.10 bits per heavy atom. The lowest BCUT2D eigenvalue weighted by Crippen LogP contribution is -2.42. The summed E-state index contributed by atoms with van der Waals surface area (Å²) in [5.41, 5.74) is 2.58. The number of carbonyl (C=O) groups excluding carboxylic acids is 1. The number of carbonyl (C=O) groups is 1. The smallest absolute Gasteiger partial charge is 0.230 e. The zero-order valence-corrected chi connectivity index (χ0v) is 18.4. The molecule has 0 aliphatic carbocycles. The maximum atomic E-state index is 13.0. The Morgan fingerprint density at radius 3 is 2.50 bits per heavy atom. The number of nitrogens with zero attached hydrogens (tertiary/aromatic N) is 5. The normalized spacial score (nSPS) is 23.5. The van der Waals surface area contributed by atoms with E-state index in [0.29, 0.717) is 24.7 Å². The molecule has 0 spiro atoms. The second-order valence-electron chi connectivity index (χ2n) is 8.40. The van der Waals surface area contributed by atoms with E-state index in [2.05, 4.69) is 25.3 Å². The molecule has 0 bridgehead atoms. The van der Waals surface area contributed by atoms with Gasteiger partial charge >= 0.3 is 0 Å². The van der Waals surface area contributed by atoms with E-state index in [1.807, 2.05) is 26.8 Å². The molecule has 2 unspecified atom stereocenters. The van der Waals surface area contributed by atoms with E-state index in [9.17, 15) is 13.2 Å². The van der Waals surface area contributed by atoms with Gasteiger partial charge in [0.2, 0.25) is 11.9 Å². The minimum absolute atomic E-state index is 0.0677. The highest BCUT2D eigenvalue weighted by Gasteiger charge is 2.33. The second-order valence-corrected chi connectivity index (χ2v) is 10.6. The van der Waals surface area contributed by atoms with Crippen LogP contribution in [0.3, 0.4) is 0 Å². The van der Waals surface area contributed by atoms with Crippen LogP contribution in [0, 0.1) is 26.7 Å². The van der Waals surface area contributed by atoms with Crippen LogP contribution < -0.4 is 10.2 Å². The Kier molecular flexibility index (Phi) is 5.52. The Hall–Kier alpha value is -2.49. The number of amides is 1. The summed E-state index contributed by atoms with van der Waals surface area (Å²) in [5.74, 6) is 1.20. The summed E-state index contributed by atoms with van der Waals surface area (Å²) in [5, 5.41) is 7.44.